The first-order valence-corrected chi connectivity index (χ1v) is 11.7. The van der Waals surface area contributed by atoms with Gasteiger partial charge in [0.1, 0.15) is 11.6 Å². The molecule has 0 saturated carbocycles. The highest BCUT2D eigenvalue weighted by Crippen LogP contribution is 2.25. The Balaban J connectivity index is 1.21. The van der Waals surface area contributed by atoms with Crippen molar-refractivity contribution in [3.05, 3.63) is 70.2 Å². The fourth-order valence-corrected chi connectivity index (χ4v) is 4.67. The Labute approximate surface area is 193 Å². The van der Waals surface area contributed by atoms with Crippen LogP contribution in [0.25, 0.3) is 0 Å². The molecule has 4 rings (SSSR count). The van der Waals surface area contributed by atoms with Gasteiger partial charge in [-0.1, -0.05) is 34.1 Å². The molecule has 2 aromatic carbocycles. The zero-order valence-electron chi connectivity index (χ0n) is 16.9. The number of halogens is 2. The van der Waals surface area contributed by atoms with Crippen LogP contribution in [0.15, 0.2) is 53.0 Å². The monoisotopic (exact) mass is 503 g/mol. The number of carbonyl (C=O) groups is 1. The minimum absolute atomic E-state index is 0.185. The number of rotatable bonds is 6. The molecule has 162 valence electrons. The second kappa shape index (κ2) is 10.2. The molecule has 1 aromatic heterocycles. The Morgan fingerprint density at radius 3 is 2.71 bits per heavy atom. The number of amides is 2. The van der Waals surface area contributed by atoms with Gasteiger partial charge in [0.25, 0.3) is 0 Å². The van der Waals surface area contributed by atoms with Crippen LogP contribution in [-0.2, 0) is 6.42 Å². The van der Waals surface area contributed by atoms with E-state index in [-0.39, 0.29) is 11.8 Å². The van der Waals surface area contributed by atoms with Crippen LogP contribution in [-0.4, -0.2) is 35.0 Å². The van der Waals surface area contributed by atoms with Gasteiger partial charge in [0, 0.05) is 47.7 Å². The molecule has 0 aliphatic carbocycles. The van der Waals surface area contributed by atoms with Crippen molar-refractivity contribution in [3.63, 3.8) is 0 Å². The Kier molecular flexibility index (Phi) is 7.14. The van der Waals surface area contributed by atoms with E-state index < -0.39 is 0 Å². The Bertz CT molecular complexity index is 1020. The maximum absolute atomic E-state index is 13.1. The summed E-state index contributed by atoms with van der Waals surface area (Å²) in [5.41, 5.74) is 1.76. The maximum atomic E-state index is 13.1. The highest BCUT2D eigenvalue weighted by Gasteiger charge is 2.22. The summed E-state index contributed by atoms with van der Waals surface area (Å²) in [6.45, 7) is 2.44. The molecule has 2 heterocycles. The van der Waals surface area contributed by atoms with E-state index in [0.717, 1.165) is 52.6 Å². The van der Waals surface area contributed by atoms with Crippen molar-refractivity contribution in [2.45, 2.75) is 19.3 Å². The van der Waals surface area contributed by atoms with Crippen LogP contribution in [0.5, 0.6) is 0 Å². The predicted octanol–water partition coefficient (Wildman–Crippen LogP) is 5.07. The minimum atomic E-state index is -0.237. The SMILES string of the molecule is O=C(NCC1CCN(c2nc(Cc3ccc(F)cc3)ns2)CC1)Nc1cccc(Br)c1. The van der Waals surface area contributed by atoms with Gasteiger partial charge in [0.05, 0.1) is 0 Å². The summed E-state index contributed by atoms with van der Waals surface area (Å²) in [4.78, 5) is 19.1. The van der Waals surface area contributed by atoms with E-state index in [0.29, 0.717) is 18.9 Å². The van der Waals surface area contributed by atoms with Crippen molar-refractivity contribution in [1.82, 2.24) is 14.7 Å². The highest BCUT2D eigenvalue weighted by molar-refractivity contribution is 9.10. The summed E-state index contributed by atoms with van der Waals surface area (Å²) in [6, 6.07) is 13.8. The number of nitrogens with one attached hydrogen (secondary N) is 2. The van der Waals surface area contributed by atoms with Crippen molar-refractivity contribution in [1.29, 1.82) is 0 Å². The lowest BCUT2D eigenvalue weighted by Gasteiger charge is -2.31. The van der Waals surface area contributed by atoms with Gasteiger partial charge in [0.2, 0.25) is 5.13 Å². The van der Waals surface area contributed by atoms with E-state index in [1.807, 2.05) is 24.3 Å². The number of anilines is 2. The Morgan fingerprint density at radius 1 is 1.19 bits per heavy atom. The van der Waals surface area contributed by atoms with E-state index in [4.69, 9.17) is 0 Å². The van der Waals surface area contributed by atoms with Gasteiger partial charge in [-0.15, -0.1) is 0 Å². The molecule has 0 unspecified atom stereocenters. The molecule has 31 heavy (non-hydrogen) atoms. The van der Waals surface area contributed by atoms with Gasteiger partial charge in [-0.25, -0.2) is 14.2 Å². The highest BCUT2D eigenvalue weighted by atomic mass is 79.9. The van der Waals surface area contributed by atoms with Crippen LogP contribution in [0, 0.1) is 11.7 Å². The van der Waals surface area contributed by atoms with Crippen LogP contribution in [0.1, 0.15) is 24.2 Å². The molecule has 6 nitrogen and oxygen atoms in total. The average Bonchev–Trinajstić information content (AvgIpc) is 3.23. The van der Waals surface area contributed by atoms with Gasteiger partial charge in [-0.2, -0.15) is 4.37 Å². The summed E-state index contributed by atoms with van der Waals surface area (Å²) in [5, 5.41) is 6.76. The van der Waals surface area contributed by atoms with Crippen LogP contribution in [0.4, 0.5) is 20.0 Å². The van der Waals surface area contributed by atoms with E-state index in [2.05, 4.69) is 40.8 Å². The third-order valence-electron chi connectivity index (χ3n) is 5.25. The van der Waals surface area contributed by atoms with E-state index >= 15 is 0 Å². The molecule has 0 spiro atoms. The number of nitrogens with zero attached hydrogens (tertiary/aromatic N) is 3. The number of hydrogen-bond acceptors (Lipinski definition) is 5. The largest absolute Gasteiger partial charge is 0.347 e. The summed E-state index contributed by atoms with van der Waals surface area (Å²) >= 11 is 4.81. The molecule has 1 fully saturated rings. The van der Waals surface area contributed by atoms with E-state index in [9.17, 15) is 9.18 Å². The van der Waals surface area contributed by atoms with Crippen molar-refractivity contribution < 1.29 is 9.18 Å². The number of benzene rings is 2. The Hall–Kier alpha value is -2.52. The molecular formula is C22H23BrFN5OS. The fourth-order valence-electron chi connectivity index (χ4n) is 3.54. The van der Waals surface area contributed by atoms with Gasteiger partial charge in [-0.05, 0) is 54.7 Å². The zero-order chi connectivity index (χ0) is 21.6. The van der Waals surface area contributed by atoms with Crippen LogP contribution >= 0.6 is 27.5 Å². The van der Waals surface area contributed by atoms with Crippen molar-refractivity contribution >= 4 is 44.3 Å². The zero-order valence-corrected chi connectivity index (χ0v) is 19.3. The first-order chi connectivity index (χ1) is 15.0. The van der Waals surface area contributed by atoms with Gasteiger partial charge in [0.15, 0.2) is 0 Å². The molecule has 9 heteroatoms. The van der Waals surface area contributed by atoms with E-state index in [1.165, 1.54) is 23.7 Å². The molecule has 2 amide bonds. The first kappa shape index (κ1) is 21.7. The molecule has 0 atom stereocenters. The molecule has 2 N–H and O–H groups in total. The molecule has 1 aliphatic rings. The lowest BCUT2D eigenvalue weighted by molar-refractivity contribution is 0.248. The first-order valence-electron chi connectivity index (χ1n) is 10.2. The van der Waals surface area contributed by atoms with Crippen molar-refractivity contribution in [3.8, 4) is 0 Å². The lowest BCUT2D eigenvalue weighted by atomic mass is 9.97. The quantitative estimate of drug-likeness (QED) is 0.492. The number of piperidine rings is 1. The number of aromatic nitrogens is 2. The standard InChI is InChI=1S/C22H23BrFN5OS/c23-17-2-1-3-19(13-17)26-21(30)25-14-16-8-10-29(11-9-16)22-27-20(28-31-22)12-15-4-6-18(24)7-5-15/h1-7,13,16H,8-12,14H2,(H2,25,26,30). The smallest absolute Gasteiger partial charge is 0.319 e. The summed E-state index contributed by atoms with van der Waals surface area (Å²) in [7, 11) is 0. The van der Waals surface area contributed by atoms with E-state index in [1.54, 1.807) is 12.1 Å². The normalized spacial score (nSPS) is 14.5. The summed E-state index contributed by atoms with van der Waals surface area (Å²) in [6.07, 6.45) is 2.58. The number of urea groups is 1. The van der Waals surface area contributed by atoms with Gasteiger partial charge < -0.3 is 15.5 Å². The molecule has 0 bridgehead atoms. The Morgan fingerprint density at radius 2 is 1.97 bits per heavy atom. The predicted molar refractivity (Wildman–Crippen MR) is 125 cm³/mol. The average molecular weight is 504 g/mol. The summed E-state index contributed by atoms with van der Waals surface area (Å²) < 4.78 is 18.4. The van der Waals surface area contributed by atoms with Crippen molar-refractivity contribution in [2.75, 3.05) is 29.9 Å². The second-order valence-electron chi connectivity index (χ2n) is 7.57. The third-order valence-corrected chi connectivity index (χ3v) is 6.56. The number of hydrogen-bond donors (Lipinski definition) is 2. The van der Waals surface area contributed by atoms with Gasteiger partial charge in [-0.3, -0.25) is 0 Å². The molecule has 1 aliphatic heterocycles. The number of carbonyl (C=O) groups excluding carboxylic acids is 1. The van der Waals surface area contributed by atoms with Crippen LogP contribution in [0.2, 0.25) is 0 Å². The second-order valence-corrected chi connectivity index (χ2v) is 9.22. The maximum Gasteiger partial charge on any atom is 0.319 e. The molecule has 1 saturated heterocycles. The van der Waals surface area contributed by atoms with Crippen LogP contribution in [0.3, 0.4) is 0 Å². The molecule has 3 aromatic rings. The van der Waals surface area contributed by atoms with Crippen LogP contribution < -0.4 is 15.5 Å². The topological polar surface area (TPSA) is 70.2 Å². The molecular weight excluding hydrogens is 481 g/mol. The van der Waals surface area contributed by atoms with Gasteiger partial charge >= 0.3 is 6.03 Å². The third kappa shape index (κ3) is 6.24. The molecule has 0 radical (unpaired) electrons. The minimum Gasteiger partial charge on any atom is -0.347 e. The lowest BCUT2D eigenvalue weighted by Crippen LogP contribution is -2.39. The van der Waals surface area contributed by atoms with Crippen molar-refractivity contribution in [2.24, 2.45) is 5.92 Å². The summed E-state index contributed by atoms with van der Waals surface area (Å²) in [5.74, 6) is 0.967. The fraction of sp³-hybridized carbons (Fsp3) is 0.318.